The van der Waals surface area contributed by atoms with Crippen molar-refractivity contribution in [2.45, 2.75) is 19.0 Å². The summed E-state index contributed by atoms with van der Waals surface area (Å²) in [5.74, 6) is 1.13. The molecule has 7 heteroatoms. The van der Waals surface area contributed by atoms with E-state index in [4.69, 9.17) is 28.2 Å². The zero-order valence-corrected chi connectivity index (χ0v) is 18.7. The summed E-state index contributed by atoms with van der Waals surface area (Å²) in [6, 6.07) is 21.1. The molecule has 1 fully saturated rings. The molecule has 0 aliphatic carbocycles. The van der Waals surface area contributed by atoms with Gasteiger partial charge in [-0.3, -0.25) is 4.98 Å². The first-order chi connectivity index (χ1) is 15.5. The van der Waals surface area contributed by atoms with Crippen LogP contribution in [0.25, 0.3) is 11.3 Å². The minimum absolute atomic E-state index is 0.242. The third kappa shape index (κ3) is 3.66. The predicted molar refractivity (Wildman–Crippen MR) is 128 cm³/mol. The van der Waals surface area contributed by atoms with E-state index in [2.05, 4.69) is 10.3 Å². The van der Waals surface area contributed by atoms with E-state index in [1.807, 2.05) is 60.4 Å². The molecule has 160 valence electrons. The normalized spacial score (nSPS) is 18.1. The Morgan fingerprint density at radius 1 is 1.03 bits per heavy atom. The van der Waals surface area contributed by atoms with Crippen molar-refractivity contribution < 1.29 is 8.81 Å². The van der Waals surface area contributed by atoms with Crippen molar-refractivity contribution in [3.63, 3.8) is 0 Å². The number of pyridine rings is 1. The molecular formula is C25H19ClFN3OS. The number of hydrogen-bond acceptors (Lipinski definition) is 3. The summed E-state index contributed by atoms with van der Waals surface area (Å²) in [6.07, 6.45) is 1.75. The molecule has 32 heavy (non-hydrogen) atoms. The van der Waals surface area contributed by atoms with Crippen molar-refractivity contribution in [1.82, 2.24) is 10.3 Å². The monoisotopic (exact) mass is 463 g/mol. The highest BCUT2D eigenvalue weighted by molar-refractivity contribution is 7.80. The van der Waals surface area contributed by atoms with E-state index >= 15 is 0 Å². The molecule has 1 N–H and O–H groups in total. The number of rotatable bonds is 4. The summed E-state index contributed by atoms with van der Waals surface area (Å²) in [6.45, 7) is 1.97. The maximum Gasteiger partial charge on any atom is 0.174 e. The summed E-state index contributed by atoms with van der Waals surface area (Å²) in [5.41, 5.74) is 3.48. The molecule has 2 aromatic heterocycles. The minimum Gasteiger partial charge on any atom is -0.459 e. The second kappa shape index (κ2) is 8.37. The Kier molecular flexibility index (Phi) is 5.41. The highest BCUT2D eigenvalue weighted by Gasteiger charge is 2.42. The number of furan rings is 1. The molecule has 4 aromatic rings. The molecule has 1 aliphatic heterocycles. The van der Waals surface area contributed by atoms with Gasteiger partial charge in [0.15, 0.2) is 5.11 Å². The van der Waals surface area contributed by atoms with Crippen LogP contribution >= 0.6 is 23.8 Å². The van der Waals surface area contributed by atoms with Crippen molar-refractivity contribution in [3.8, 4) is 11.3 Å². The van der Waals surface area contributed by atoms with E-state index < -0.39 is 0 Å². The molecule has 5 rings (SSSR count). The molecule has 0 saturated carbocycles. The van der Waals surface area contributed by atoms with E-state index in [9.17, 15) is 4.39 Å². The van der Waals surface area contributed by atoms with Crippen molar-refractivity contribution >= 4 is 34.6 Å². The van der Waals surface area contributed by atoms with Crippen molar-refractivity contribution in [1.29, 1.82) is 0 Å². The van der Waals surface area contributed by atoms with Crippen LogP contribution < -0.4 is 10.2 Å². The maximum atomic E-state index is 13.6. The van der Waals surface area contributed by atoms with Crippen molar-refractivity contribution in [3.05, 3.63) is 107 Å². The number of halogens is 2. The number of nitrogens with one attached hydrogen (secondary N) is 1. The molecule has 1 saturated heterocycles. The van der Waals surface area contributed by atoms with Gasteiger partial charge in [-0.05, 0) is 79.3 Å². The van der Waals surface area contributed by atoms with Gasteiger partial charge < -0.3 is 14.6 Å². The van der Waals surface area contributed by atoms with Gasteiger partial charge in [-0.1, -0.05) is 29.8 Å². The zero-order chi connectivity index (χ0) is 22.2. The van der Waals surface area contributed by atoms with Gasteiger partial charge >= 0.3 is 0 Å². The van der Waals surface area contributed by atoms with E-state index in [1.54, 1.807) is 18.3 Å². The lowest BCUT2D eigenvalue weighted by molar-refractivity contribution is 0.439. The smallest absolute Gasteiger partial charge is 0.174 e. The van der Waals surface area contributed by atoms with Gasteiger partial charge in [0.2, 0.25) is 0 Å². The summed E-state index contributed by atoms with van der Waals surface area (Å²) >= 11 is 12.0. The van der Waals surface area contributed by atoms with Crippen LogP contribution in [0, 0.1) is 12.7 Å². The molecule has 3 heterocycles. The fourth-order valence-corrected chi connectivity index (χ4v) is 4.58. The van der Waals surface area contributed by atoms with Crippen LogP contribution in [0.5, 0.6) is 0 Å². The average molecular weight is 464 g/mol. The lowest BCUT2D eigenvalue weighted by atomic mass is 10.0. The fraction of sp³-hybridized carbons (Fsp3) is 0.120. The number of aromatic nitrogens is 1. The third-order valence-corrected chi connectivity index (χ3v) is 6.38. The summed E-state index contributed by atoms with van der Waals surface area (Å²) < 4.78 is 20.0. The molecule has 2 atom stereocenters. The number of nitrogens with zero attached hydrogens (tertiary/aromatic N) is 2. The maximum absolute atomic E-state index is 13.6. The SMILES string of the molecule is Cc1c(Cl)cccc1-c1ccc([C@@H]2[C@H](c3ccccn3)NC(=S)N2c2ccc(F)cc2)o1. The molecular weight excluding hydrogens is 445 g/mol. The fourth-order valence-electron chi connectivity index (χ4n) is 4.05. The molecule has 0 unspecified atom stereocenters. The molecule has 0 amide bonds. The Morgan fingerprint density at radius 3 is 2.59 bits per heavy atom. The predicted octanol–water partition coefficient (Wildman–Crippen LogP) is 6.62. The Balaban J connectivity index is 1.61. The second-order valence-electron chi connectivity index (χ2n) is 7.59. The van der Waals surface area contributed by atoms with Crippen LogP contribution in [-0.2, 0) is 0 Å². The number of thiocarbonyl (C=S) groups is 1. The first-order valence-electron chi connectivity index (χ1n) is 10.1. The second-order valence-corrected chi connectivity index (χ2v) is 8.38. The minimum atomic E-state index is -0.309. The van der Waals surface area contributed by atoms with E-state index in [1.165, 1.54) is 12.1 Å². The van der Waals surface area contributed by atoms with Gasteiger partial charge in [-0.15, -0.1) is 0 Å². The van der Waals surface area contributed by atoms with Crippen molar-refractivity contribution in [2.24, 2.45) is 0 Å². The van der Waals surface area contributed by atoms with Crippen LogP contribution in [-0.4, -0.2) is 10.1 Å². The quantitative estimate of drug-likeness (QED) is 0.344. The lowest BCUT2D eigenvalue weighted by Crippen LogP contribution is -2.29. The molecule has 2 aromatic carbocycles. The highest BCUT2D eigenvalue weighted by Crippen LogP contribution is 2.43. The first-order valence-corrected chi connectivity index (χ1v) is 10.9. The van der Waals surface area contributed by atoms with E-state index in [-0.39, 0.29) is 17.9 Å². The van der Waals surface area contributed by atoms with Crippen LogP contribution in [0.2, 0.25) is 5.02 Å². The Hall–Kier alpha value is -3.22. The van der Waals surface area contributed by atoms with Gasteiger partial charge in [0.1, 0.15) is 23.4 Å². The first kappa shape index (κ1) is 20.7. The van der Waals surface area contributed by atoms with Gasteiger partial charge in [0.05, 0.1) is 11.7 Å². The average Bonchev–Trinajstić information content (AvgIpc) is 3.41. The Morgan fingerprint density at radius 2 is 1.84 bits per heavy atom. The topological polar surface area (TPSA) is 41.3 Å². The molecule has 0 spiro atoms. The summed E-state index contributed by atoms with van der Waals surface area (Å²) in [4.78, 5) is 6.48. The molecule has 4 nitrogen and oxygen atoms in total. The summed E-state index contributed by atoms with van der Waals surface area (Å²) in [5, 5.41) is 4.58. The van der Waals surface area contributed by atoms with Crippen LogP contribution in [0.1, 0.15) is 29.1 Å². The zero-order valence-electron chi connectivity index (χ0n) is 17.1. The van der Waals surface area contributed by atoms with E-state index in [0.717, 1.165) is 28.3 Å². The number of hydrogen-bond donors (Lipinski definition) is 1. The van der Waals surface area contributed by atoms with Crippen molar-refractivity contribution in [2.75, 3.05) is 4.90 Å². The van der Waals surface area contributed by atoms with Gasteiger partial charge in [0, 0.05) is 22.5 Å². The molecule has 0 radical (unpaired) electrons. The molecule has 0 bridgehead atoms. The van der Waals surface area contributed by atoms with Gasteiger partial charge in [0.25, 0.3) is 0 Å². The summed E-state index contributed by atoms with van der Waals surface area (Å²) in [7, 11) is 0. The largest absolute Gasteiger partial charge is 0.459 e. The van der Waals surface area contributed by atoms with Gasteiger partial charge in [-0.25, -0.2) is 4.39 Å². The van der Waals surface area contributed by atoms with Crippen LogP contribution in [0.3, 0.4) is 0 Å². The van der Waals surface area contributed by atoms with E-state index in [0.29, 0.717) is 15.9 Å². The third-order valence-electron chi connectivity index (χ3n) is 5.65. The standard InChI is InChI=1S/C25H19ClFN3OS/c1-15-18(5-4-6-19(15)26)21-12-13-22(31-21)24-23(20-7-2-3-14-28-20)29-25(32)30(24)17-10-8-16(27)9-11-17/h2-14,23-24H,1H3,(H,29,32)/t23-,24+/m0/s1. The number of benzene rings is 2. The lowest BCUT2D eigenvalue weighted by Gasteiger charge is -2.26. The van der Waals surface area contributed by atoms with Crippen LogP contribution in [0.4, 0.5) is 10.1 Å². The highest BCUT2D eigenvalue weighted by atomic mass is 35.5. The van der Waals surface area contributed by atoms with Gasteiger partial charge in [-0.2, -0.15) is 0 Å². The Labute approximate surface area is 195 Å². The Bertz CT molecular complexity index is 1280. The molecule has 1 aliphatic rings. The van der Waals surface area contributed by atoms with Crippen LogP contribution in [0.15, 0.2) is 83.4 Å². The number of anilines is 1.